The van der Waals surface area contributed by atoms with Crippen molar-refractivity contribution in [3.8, 4) is 0 Å². The molecule has 0 radical (unpaired) electrons. The third-order valence-corrected chi connectivity index (χ3v) is 21.4. The monoisotopic (exact) mass is 1490 g/mol. The summed E-state index contributed by atoms with van der Waals surface area (Å²) in [5.41, 5.74) is 0. The predicted octanol–water partition coefficient (Wildman–Crippen LogP) is 25.1. The molecule has 5 atom stereocenters. The first-order valence-corrected chi connectivity index (χ1v) is 46.0. The molecule has 0 bridgehead atoms. The molecule has 102 heavy (non-hydrogen) atoms. The number of aliphatic hydroxyl groups is 1. The van der Waals surface area contributed by atoms with Crippen molar-refractivity contribution in [3.63, 3.8) is 0 Å². The molecular formula is C83H162O17P2. The second kappa shape index (κ2) is 74.5. The average Bonchev–Trinajstić information content (AvgIpc) is 0.911. The SMILES string of the molecule is CCCCCCCCCCCCCCCCCCCCCCCC(=O)O[C@H](COC(=O)CCCCCCCCCCCCCCCCCCC)COP(=O)(O)OC[C@@H](O)COP(=O)(O)OC[C@@H](COC(=O)CCCCCCCCCC(C)C)OC(=O)CCCCCCCCCCCCCC(C)C. The van der Waals surface area contributed by atoms with Crippen LogP contribution in [0, 0.1) is 11.8 Å². The highest BCUT2D eigenvalue weighted by molar-refractivity contribution is 7.47. The predicted molar refractivity (Wildman–Crippen MR) is 418 cm³/mol. The number of carbonyl (C=O) groups is 4. The minimum Gasteiger partial charge on any atom is -0.462 e. The van der Waals surface area contributed by atoms with Gasteiger partial charge in [-0.1, -0.05) is 388 Å². The van der Waals surface area contributed by atoms with E-state index in [0.29, 0.717) is 31.6 Å². The fraction of sp³-hybridized carbons (Fsp3) is 0.952. The number of unbranched alkanes of at least 4 members (excludes halogenated alkanes) is 52. The van der Waals surface area contributed by atoms with Gasteiger partial charge in [0.05, 0.1) is 26.4 Å². The number of aliphatic hydroxyl groups excluding tert-OH is 1. The Morgan fingerprint density at radius 3 is 0.667 bits per heavy atom. The van der Waals surface area contributed by atoms with Gasteiger partial charge in [-0.15, -0.1) is 0 Å². The molecule has 0 amide bonds. The third kappa shape index (κ3) is 76.3. The first kappa shape index (κ1) is 100. The molecule has 606 valence electrons. The summed E-state index contributed by atoms with van der Waals surface area (Å²) in [5.74, 6) is -0.638. The summed E-state index contributed by atoms with van der Waals surface area (Å²) < 4.78 is 68.8. The van der Waals surface area contributed by atoms with E-state index >= 15 is 0 Å². The molecule has 0 aliphatic rings. The molecule has 17 nitrogen and oxygen atoms in total. The van der Waals surface area contributed by atoms with E-state index in [4.69, 9.17) is 37.0 Å². The van der Waals surface area contributed by atoms with Crippen LogP contribution in [-0.2, 0) is 65.4 Å². The Bertz CT molecular complexity index is 1960. The lowest BCUT2D eigenvalue weighted by Crippen LogP contribution is -2.30. The first-order chi connectivity index (χ1) is 49.4. The van der Waals surface area contributed by atoms with E-state index in [0.717, 1.165) is 102 Å². The Morgan fingerprint density at radius 2 is 0.451 bits per heavy atom. The maximum Gasteiger partial charge on any atom is 0.472 e. The van der Waals surface area contributed by atoms with Crippen molar-refractivity contribution < 1.29 is 80.2 Å². The van der Waals surface area contributed by atoms with Crippen LogP contribution in [0.5, 0.6) is 0 Å². The van der Waals surface area contributed by atoms with Gasteiger partial charge >= 0.3 is 39.5 Å². The molecule has 0 saturated carbocycles. The van der Waals surface area contributed by atoms with Crippen molar-refractivity contribution in [2.24, 2.45) is 11.8 Å². The van der Waals surface area contributed by atoms with Gasteiger partial charge in [0, 0.05) is 25.7 Å². The van der Waals surface area contributed by atoms with Gasteiger partial charge in [-0.3, -0.25) is 37.3 Å². The number of phosphoric acid groups is 2. The van der Waals surface area contributed by atoms with Crippen LogP contribution in [-0.4, -0.2) is 96.7 Å². The van der Waals surface area contributed by atoms with Crippen LogP contribution >= 0.6 is 15.6 Å². The molecule has 0 saturated heterocycles. The zero-order chi connectivity index (χ0) is 74.9. The molecule has 0 aliphatic carbocycles. The largest absolute Gasteiger partial charge is 0.472 e. The molecule has 0 aliphatic heterocycles. The standard InChI is InChI=1S/C83H162O17P2/c1-7-9-11-13-15-17-19-21-23-25-26-27-28-30-32-34-38-42-48-55-61-67-82(87)99-78(71-93-80(85)65-59-53-47-41-37-33-31-29-24-22-20-18-16-14-12-10-8-2)73-97-101(89,90)95-69-77(84)70-96-102(91,92)98-74-79(72-94-81(86)66-60-54-50-44-46-52-58-64-76(5)6)100-83(88)68-62-56-49-43-39-35-36-40-45-51-57-63-75(3)4/h75-79,84H,7-74H2,1-6H3,(H,89,90)(H,91,92)/t77-,78-,79-/m1/s1. The minimum absolute atomic E-state index is 0.106. The summed E-state index contributed by atoms with van der Waals surface area (Å²) in [6.45, 7) is 9.59. The van der Waals surface area contributed by atoms with Gasteiger partial charge < -0.3 is 33.8 Å². The molecule has 0 fully saturated rings. The highest BCUT2D eigenvalue weighted by Crippen LogP contribution is 2.45. The number of rotatable bonds is 82. The van der Waals surface area contributed by atoms with Crippen molar-refractivity contribution in [2.45, 2.75) is 458 Å². The fourth-order valence-corrected chi connectivity index (χ4v) is 14.5. The van der Waals surface area contributed by atoms with Crippen molar-refractivity contribution in [3.05, 3.63) is 0 Å². The molecule has 3 N–H and O–H groups in total. The average molecular weight is 1490 g/mol. The van der Waals surface area contributed by atoms with Gasteiger partial charge in [0.15, 0.2) is 12.2 Å². The summed E-state index contributed by atoms with van der Waals surface area (Å²) in [7, 11) is -9.92. The molecule has 0 aromatic carbocycles. The van der Waals surface area contributed by atoms with Crippen molar-refractivity contribution in [1.29, 1.82) is 0 Å². The molecule has 0 aromatic heterocycles. The molecule has 0 heterocycles. The smallest absolute Gasteiger partial charge is 0.462 e. The molecule has 0 spiro atoms. The van der Waals surface area contributed by atoms with Crippen LogP contribution in [0.15, 0.2) is 0 Å². The molecule has 0 rings (SSSR count). The number of esters is 4. The quantitative estimate of drug-likeness (QED) is 0.0222. The summed E-state index contributed by atoms with van der Waals surface area (Å²) in [4.78, 5) is 73.1. The number of hydrogen-bond acceptors (Lipinski definition) is 15. The van der Waals surface area contributed by atoms with Gasteiger partial charge in [-0.2, -0.15) is 0 Å². The summed E-state index contributed by atoms with van der Waals surface area (Å²) in [6, 6.07) is 0. The normalized spacial score (nSPS) is 13.9. The van der Waals surface area contributed by atoms with Crippen LogP contribution in [0.1, 0.15) is 440 Å². The van der Waals surface area contributed by atoms with E-state index in [1.165, 1.54) is 250 Å². The maximum absolute atomic E-state index is 13.1. The van der Waals surface area contributed by atoms with Gasteiger partial charge in [-0.25, -0.2) is 9.13 Å². The summed E-state index contributed by atoms with van der Waals surface area (Å²) in [6.07, 6.45) is 65.4. The molecule has 19 heteroatoms. The topological polar surface area (TPSA) is 237 Å². The number of ether oxygens (including phenoxy) is 4. The Hall–Kier alpha value is -1.94. The second-order valence-corrected chi connectivity index (χ2v) is 33.7. The van der Waals surface area contributed by atoms with E-state index in [9.17, 15) is 43.2 Å². The van der Waals surface area contributed by atoms with Crippen molar-refractivity contribution in [1.82, 2.24) is 0 Å². The Labute approximate surface area is 626 Å². The first-order valence-electron chi connectivity index (χ1n) is 43.0. The van der Waals surface area contributed by atoms with E-state index in [-0.39, 0.29) is 25.7 Å². The second-order valence-electron chi connectivity index (χ2n) is 30.8. The lowest BCUT2D eigenvalue weighted by molar-refractivity contribution is -0.161. The van der Waals surface area contributed by atoms with Crippen LogP contribution in [0.2, 0.25) is 0 Å². The minimum atomic E-state index is -4.96. The van der Waals surface area contributed by atoms with E-state index in [2.05, 4.69) is 41.5 Å². The van der Waals surface area contributed by atoms with Gasteiger partial charge in [0.1, 0.15) is 19.3 Å². The molecule has 2 unspecified atom stereocenters. The number of carbonyl (C=O) groups excluding carboxylic acids is 4. The number of hydrogen-bond donors (Lipinski definition) is 3. The van der Waals surface area contributed by atoms with Crippen LogP contribution in [0.3, 0.4) is 0 Å². The Morgan fingerprint density at radius 1 is 0.265 bits per heavy atom. The zero-order valence-electron chi connectivity index (χ0n) is 66.9. The summed E-state index contributed by atoms with van der Waals surface area (Å²) in [5, 5.41) is 10.7. The van der Waals surface area contributed by atoms with E-state index < -0.39 is 97.5 Å². The van der Waals surface area contributed by atoms with E-state index in [1.54, 1.807) is 0 Å². The highest BCUT2D eigenvalue weighted by Gasteiger charge is 2.30. The van der Waals surface area contributed by atoms with Crippen molar-refractivity contribution >= 4 is 39.5 Å². The molecular weight excluding hydrogens is 1330 g/mol. The third-order valence-electron chi connectivity index (χ3n) is 19.5. The Kier molecular flexibility index (Phi) is 73.1. The zero-order valence-corrected chi connectivity index (χ0v) is 68.7. The van der Waals surface area contributed by atoms with Crippen molar-refractivity contribution in [2.75, 3.05) is 39.6 Å². The van der Waals surface area contributed by atoms with Crippen LogP contribution < -0.4 is 0 Å². The number of phosphoric ester groups is 2. The lowest BCUT2D eigenvalue weighted by Gasteiger charge is -2.21. The Balaban J connectivity index is 5.22. The van der Waals surface area contributed by atoms with E-state index in [1.807, 2.05) is 0 Å². The fourth-order valence-electron chi connectivity index (χ4n) is 12.9. The molecule has 0 aromatic rings. The maximum atomic E-state index is 13.1. The lowest BCUT2D eigenvalue weighted by atomic mass is 10.0. The van der Waals surface area contributed by atoms with Gasteiger partial charge in [0.2, 0.25) is 0 Å². The highest BCUT2D eigenvalue weighted by atomic mass is 31.2. The van der Waals surface area contributed by atoms with Gasteiger partial charge in [0.25, 0.3) is 0 Å². The van der Waals surface area contributed by atoms with Gasteiger partial charge in [-0.05, 0) is 37.5 Å². The van der Waals surface area contributed by atoms with Crippen LogP contribution in [0.25, 0.3) is 0 Å². The van der Waals surface area contributed by atoms with Crippen LogP contribution in [0.4, 0.5) is 0 Å². The summed E-state index contributed by atoms with van der Waals surface area (Å²) >= 11 is 0.